The molecule has 3 heterocycles. The van der Waals surface area contributed by atoms with Crippen molar-refractivity contribution >= 4 is 39.4 Å². The number of carbonyl (C=O) groups excluding carboxylic acids is 1. The second-order valence-corrected chi connectivity index (χ2v) is 7.40. The third kappa shape index (κ3) is 2.60. The number of imidazole rings is 1. The van der Waals surface area contributed by atoms with E-state index < -0.39 is 0 Å². The highest BCUT2D eigenvalue weighted by atomic mass is 35.5. The standard InChI is InChI=1S/C21H17ClN4O2/c22-14-6-3-5-12-18(14)23-11-13(19(12)27)21(28)26-10-4-9-17(26)20-24-15-7-1-2-8-16(15)25-20/h1-3,5-8,11,17H,4,9-10H2,(H,23,27)(H,24,25)/t17-/m1/s1. The van der Waals surface area contributed by atoms with Crippen LogP contribution < -0.4 is 5.43 Å². The average molecular weight is 393 g/mol. The summed E-state index contributed by atoms with van der Waals surface area (Å²) >= 11 is 6.15. The first-order valence-corrected chi connectivity index (χ1v) is 9.57. The Kier molecular flexibility index (Phi) is 3.94. The Labute approximate surface area is 165 Å². The van der Waals surface area contributed by atoms with E-state index in [1.165, 1.54) is 6.20 Å². The first-order valence-electron chi connectivity index (χ1n) is 9.19. The van der Waals surface area contributed by atoms with Gasteiger partial charge in [0, 0.05) is 18.1 Å². The van der Waals surface area contributed by atoms with Gasteiger partial charge in [0.2, 0.25) is 5.43 Å². The first kappa shape index (κ1) is 17.0. The van der Waals surface area contributed by atoms with Gasteiger partial charge in [0.05, 0.1) is 27.6 Å². The summed E-state index contributed by atoms with van der Waals surface area (Å²) in [6.07, 6.45) is 3.14. The maximum atomic E-state index is 13.2. The molecule has 28 heavy (non-hydrogen) atoms. The van der Waals surface area contributed by atoms with E-state index in [1.807, 2.05) is 24.3 Å². The molecule has 6 nitrogen and oxygen atoms in total. The maximum absolute atomic E-state index is 13.2. The van der Waals surface area contributed by atoms with E-state index in [9.17, 15) is 9.59 Å². The maximum Gasteiger partial charge on any atom is 0.259 e. The van der Waals surface area contributed by atoms with Crippen LogP contribution in [0.2, 0.25) is 5.02 Å². The van der Waals surface area contributed by atoms with Gasteiger partial charge in [-0.3, -0.25) is 9.59 Å². The van der Waals surface area contributed by atoms with E-state index in [0.29, 0.717) is 22.5 Å². The minimum atomic E-state index is -0.309. The molecule has 2 aromatic heterocycles. The van der Waals surface area contributed by atoms with Crippen LogP contribution in [0.15, 0.2) is 53.5 Å². The zero-order chi connectivity index (χ0) is 19.3. The van der Waals surface area contributed by atoms with E-state index in [0.717, 1.165) is 29.7 Å². The molecule has 7 heteroatoms. The van der Waals surface area contributed by atoms with Crippen LogP contribution in [0, 0.1) is 0 Å². The van der Waals surface area contributed by atoms with Gasteiger partial charge in [0.15, 0.2) is 0 Å². The van der Waals surface area contributed by atoms with Crippen LogP contribution >= 0.6 is 11.6 Å². The highest BCUT2D eigenvalue weighted by Crippen LogP contribution is 2.32. The van der Waals surface area contributed by atoms with Crippen LogP contribution in [-0.4, -0.2) is 32.3 Å². The number of nitrogens with zero attached hydrogens (tertiary/aromatic N) is 2. The summed E-state index contributed by atoms with van der Waals surface area (Å²) in [4.78, 5) is 38.9. The Bertz CT molecular complexity index is 1240. The first-order chi connectivity index (χ1) is 13.6. The number of halogens is 1. The smallest absolute Gasteiger partial charge is 0.259 e. The summed E-state index contributed by atoms with van der Waals surface area (Å²) in [5, 5.41) is 0.868. The molecule has 1 amide bonds. The van der Waals surface area contributed by atoms with E-state index in [2.05, 4.69) is 15.0 Å². The molecule has 0 radical (unpaired) electrons. The van der Waals surface area contributed by atoms with Crippen molar-refractivity contribution in [2.45, 2.75) is 18.9 Å². The number of carbonyl (C=O) groups is 1. The number of aromatic nitrogens is 3. The lowest BCUT2D eigenvalue weighted by Gasteiger charge is -2.23. The van der Waals surface area contributed by atoms with Crippen molar-refractivity contribution in [2.75, 3.05) is 6.54 Å². The molecule has 2 aromatic carbocycles. The number of hydrogen-bond acceptors (Lipinski definition) is 3. The molecule has 1 atom stereocenters. The largest absolute Gasteiger partial charge is 0.359 e. The quantitative estimate of drug-likeness (QED) is 0.540. The fourth-order valence-electron chi connectivity index (χ4n) is 3.95. The summed E-state index contributed by atoms with van der Waals surface area (Å²) in [6, 6.07) is 12.7. The molecule has 0 aliphatic carbocycles. The third-order valence-corrected chi connectivity index (χ3v) is 5.65. The number of fused-ring (bicyclic) bond motifs is 2. The number of aromatic amines is 2. The number of nitrogens with one attached hydrogen (secondary N) is 2. The molecule has 0 saturated carbocycles. The van der Waals surface area contributed by atoms with E-state index in [4.69, 9.17) is 11.6 Å². The van der Waals surface area contributed by atoms with Gasteiger partial charge in [-0.1, -0.05) is 29.8 Å². The Balaban J connectivity index is 1.55. The molecule has 4 aromatic rings. The Hall–Kier alpha value is -3.12. The van der Waals surface area contributed by atoms with Crippen LogP contribution in [-0.2, 0) is 0 Å². The van der Waals surface area contributed by atoms with Gasteiger partial charge >= 0.3 is 0 Å². The van der Waals surface area contributed by atoms with Crippen LogP contribution in [0.25, 0.3) is 21.9 Å². The zero-order valence-electron chi connectivity index (χ0n) is 14.9. The second-order valence-electron chi connectivity index (χ2n) is 6.99. The van der Waals surface area contributed by atoms with E-state index in [-0.39, 0.29) is 22.9 Å². The van der Waals surface area contributed by atoms with Crippen molar-refractivity contribution in [1.29, 1.82) is 0 Å². The molecule has 0 spiro atoms. The van der Waals surface area contributed by atoms with Gasteiger partial charge in [-0.15, -0.1) is 0 Å². The lowest BCUT2D eigenvalue weighted by atomic mass is 10.1. The van der Waals surface area contributed by atoms with Gasteiger partial charge in [-0.05, 0) is 37.1 Å². The van der Waals surface area contributed by atoms with Crippen LogP contribution in [0.5, 0.6) is 0 Å². The number of hydrogen-bond donors (Lipinski definition) is 2. The highest BCUT2D eigenvalue weighted by Gasteiger charge is 2.33. The lowest BCUT2D eigenvalue weighted by Crippen LogP contribution is -2.34. The molecule has 1 aliphatic rings. The van der Waals surface area contributed by atoms with Gasteiger partial charge in [-0.25, -0.2) is 4.98 Å². The zero-order valence-corrected chi connectivity index (χ0v) is 15.7. The van der Waals surface area contributed by atoms with Crippen molar-refractivity contribution < 1.29 is 4.79 Å². The van der Waals surface area contributed by atoms with Crippen molar-refractivity contribution in [3.63, 3.8) is 0 Å². The lowest BCUT2D eigenvalue weighted by molar-refractivity contribution is 0.0729. The number of pyridine rings is 1. The predicted molar refractivity (Wildman–Crippen MR) is 109 cm³/mol. The fourth-order valence-corrected chi connectivity index (χ4v) is 4.18. The van der Waals surface area contributed by atoms with Crippen molar-refractivity contribution in [3.8, 4) is 0 Å². The number of para-hydroxylation sites is 3. The summed E-state index contributed by atoms with van der Waals surface area (Å²) in [5.74, 6) is 0.471. The monoisotopic (exact) mass is 392 g/mol. The van der Waals surface area contributed by atoms with Crippen LogP contribution in [0.3, 0.4) is 0 Å². The number of likely N-dealkylation sites (tertiary alicyclic amines) is 1. The van der Waals surface area contributed by atoms with Gasteiger partial charge in [0.25, 0.3) is 5.91 Å². The SMILES string of the molecule is O=C(c1c[nH]c2c(Cl)cccc2c1=O)N1CCC[C@@H]1c1nc2ccccc2[nH]1. The van der Waals surface area contributed by atoms with Crippen LogP contribution in [0.4, 0.5) is 0 Å². The average Bonchev–Trinajstić information content (AvgIpc) is 3.35. The van der Waals surface area contributed by atoms with Crippen molar-refractivity contribution in [3.05, 3.63) is 75.3 Å². The predicted octanol–water partition coefficient (Wildman–Crippen LogP) is 4.04. The van der Waals surface area contributed by atoms with E-state index >= 15 is 0 Å². The van der Waals surface area contributed by atoms with Gasteiger partial charge in [0.1, 0.15) is 11.4 Å². The molecule has 1 saturated heterocycles. The molecule has 0 bridgehead atoms. The summed E-state index contributed by atoms with van der Waals surface area (Å²) in [6.45, 7) is 0.591. The second kappa shape index (κ2) is 6.49. The topological polar surface area (TPSA) is 81.8 Å². The molecule has 1 fully saturated rings. The van der Waals surface area contributed by atoms with Crippen molar-refractivity contribution in [2.24, 2.45) is 0 Å². The van der Waals surface area contributed by atoms with Crippen LogP contribution in [0.1, 0.15) is 35.1 Å². The molecule has 2 N–H and O–H groups in total. The van der Waals surface area contributed by atoms with Crippen molar-refractivity contribution in [1.82, 2.24) is 19.9 Å². The van der Waals surface area contributed by atoms with E-state index in [1.54, 1.807) is 23.1 Å². The number of rotatable bonds is 2. The minimum absolute atomic E-state index is 0.123. The normalized spacial score (nSPS) is 16.9. The Morgan fingerprint density at radius 1 is 1.18 bits per heavy atom. The Morgan fingerprint density at radius 2 is 2.04 bits per heavy atom. The number of H-pyrrole nitrogens is 2. The molecule has 1 aliphatic heterocycles. The highest BCUT2D eigenvalue weighted by molar-refractivity contribution is 6.35. The summed E-state index contributed by atoms with van der Waals surface area (Å²) < 4.78 is 0. The molecular weight excluding hydrogens is 376 g/mol. The molecule has 140 valence electrons. The van der Waals surface area contributed by atoms with Gasteiger partial charge < -0.3 is 14.9 Å². The Morgan fingerprint density at radius 3 is 2.89 bits per heavy atom. The molecule has 5 rings (SSSR count). The molecule has 0 unspecified atom stereocenters. The fraction of sp³-hybridized carbons (Fsp3) is 0.190. The minimum Gasteiger partial charge on any atom is -0.359 e. The number of amides is 1. The summed E-state index contributed by atoms with van der Waals surface area (Å²) in [7, 11) is 0. The third-order valence-electron chi connectivity index (χ3n) is 5.33. The summed E-state index contributed by atoms with van der Waals surface area (Å²) in [5.41, 5.74) is 2.17. The number of benzene rings is 2. The molecular formula is C21H17ClN4O2. The van der Waals surface area contributed by atoms with Gasteiger partial charge in [-0.2, -0.15) is 0 Å².